The highest BCUT2D eigenvalue weighted by atomic mass is 16.4. The molecule has 1 saturated heterocycles. The number of hydrogen-bond donors (Lipinski definition) is 3. The fraction of sp³-hybridized carbons (Fsp3) is 0.429. The van der Waals surface area contributed by atoms with Crippen molar-refractivity contribution >= 4 is 23.5 Å². The smallest absolute Gasteiger partial charge is 0.325 e. The predicted octanol–water partition coefficient (Wildman–Crippen LogP) is 1.22. The number of nitrogens with one attached hydrogen (secondary N) is 2. The number of rotatable bonds is 7. The number of carboxylic acid groups (broad SMARTS) is 1. The van der Waals surface area contributed by atoms with Crippen LogP contribution in [0.4, 0.5) is 5.69 Å². The van der Waals surface area contributed by atoms with Crippen LogP contribution >= 0.6 is 0 Å². The third-order valence-electron chi connectivity index (χ3n) is 5.39. The summed E-state index contributed by atoms with van der Waals surface area (Å²) in [6.45, 7) is 6.95. The van der Waals surface area contributed by atoms with E-state index in [1.54, 1.807) is 13.8 Å². The average Bonchev–Trinajstić information content (AvgIpc) is 2.93. The summed E-state index contributed by atoms with van der Waals surface area (Å²) in [5.74, 6) is -1.49. The van der Waals surface area contributed by atoms with E-state index >= 15 is 0 Å². The molecule has 1 aromatic heterocycles. The van der Waals surface area contributed by atoms with Crippen LogP contribution in [0.25, 0.3) is 0 Å². The van der Waals surface area contributed by atoms with Crippen molar-refractivity contribution in [1.82, 2.24) is 20.0 Å². The van der Waals surface area contributed by atoms with Gasteiger partial charge in [0.05, 0.1) is 29.5 Å². The van der Waals surface area contributed by atoms with Gasteiger partial charge in [0.1, 0.15) is 6.54 Å². The van der Waals surface area contributed by atoms with Gasteiger partial charge in [0.2, 0.25) is 11.8 Å². The zero-order valence-electron chi connectivity index (χ0n) is 17.4. The third kappa shape index (κ3) is 4.85. The normalized spacial score (nSPS) is 16.9. The number of nitrogens with zero attached hydrogens (tertiary/aromatic N) is 3. The summed E-state index contributed by atoms with van der Waals surface area (Å²) >= 11 is 0. The van der Waals surface area contributed by atoms with Gasteiger partial charge >= 0.3 is 5.97 Å². The topological polar surface area (TPSA) is 117 Å². The lowest BCUT2D eigenvalue weighted by Crippen LogP contribution is -2.55. The predicted molar refractivity (Wildman–Crippen MR) is 111 cm³/mol. The monoisotopic (exact) mass is 413 g/mol. The van der Waals surface area contributed by atoms with Crippen molar-refractivity contribution in [3.8, 4) is 0 Å². The zero-order valence-corrected chi connectivity index (χ0v) is 17.4. The minimum atomic E-state index is -1.01. The van der Waals surface area contributed by atoms with Crippen LogP contribution in [0.15, 0.2) is 24.3 Å². The van der Waals surface area contributed by atoms with Gasteiger partial charge in [-0.1, -0.05) is 24.3 Å². The Hall–Kier alpha value is -3.20. The lowest BCUT2D eigenvalue weighted by Gasteiger charge is -2.35. The number of carbonyl (C=O) groups is 3. The first-order chi connectivity index (χ1) is 14.3. The molecule has 9 heteroatoms. The van der Waals surface area contributed by atoms with Crippen LogP contribution < -0.4 is 10.6 Å². The van der Waals surface area contributed by atoms with Crippen molar-refractivity contribution in [3.63, 3.8) is 0 Å². The van der Waals surface area contributed by atoms with Crippen LogP contribution in [-0.4, -0.2) is 56.7 Å². The van der Waals surface area contributed by atoms with Gasteiger partial charge in [-0.3, -0.25) is 24.0 Å². The van der Waals surface area contributed by atoms with Gasteiger partial charge in [0, 0.05) is 19.6 Å². The molecule has 0 saturated carbocycles. The minimum Gasteiger partial charge on any atom is -0.480 e. The molecule has 1 aliphatic heterocycles. The summed E-state index contributed by atoms with van der Waals surface area (Å²) in [5.41, 5.74) is 3.85. The van der Waals surface area contributed by atoms with E-state index in [2.05, 4.69) is 15.7 Å². The van der Waals surface area contributed by atoms with E-state index in [1.807, 2.05) is 36.1 Å². The quantitative estimate of drug-likeness (QED) is 0.629. The van der Waals surface area contributed by atoms with E-state index in [0.29, 0.717) is 36.7 Å². The fourth-order valence-corrected chi connectivity index (χ4v) is 3.71. The van der Waals surface area contributed by atoms with Gasteiger partial charge in [0.15, 0.2) is 0 Å². The molecule has 0 aliphatic carbocycles. The Morgan fingerprint density at radius 1 is 1.27 bits per heavy atom. The second-order valence-corrected chi connectivity index (χ2v) is 7.55. The second-order valence-electron chi connectivity index (χ2n) is 7.55. The Balaban J connectivity index is 1.72. The number of amides is 2. The van der Waals surface area contributed by atoms with Gasteiger partial charge in [0.25, 0.3) is 0 Å². The summed E-state index contributed by atoms with van der Waals surface area (Å²) in [6.07, 6.45) is 0.000699. The summed E-state index contributed by atoms with van der Waals surface area (Å²) in [7, 11) is 0. The van der Waals surface area contributed by atoms with Crippen LogP contribution in [0.2, 0.25) is 0 Å². The number of aryl methyl sites for hydroxylation is 2. The molecule has 3 N–H and O–H groups in total. The maximum atomic E-state index is 12.8. The lowest BCUT2D eigenvalue weighted by atomic mass is 10.0. The van der Waals surface area contributed by atoms with Gasteiger partial charge in [-0.05, 0) is 31.9 Å². The van der Waals surface area contributed by atoms with E-state index in [1.165, 1.54) is 4.68 Å². The number of aliphatic carboxylic acids is 1. The largest absolute Gasteiger partial charge is 0.480 e. The molecule has 2 aromatic rings. The van der Waals surface area contributed by atoms with Crippen LogP contribution in [0.3, 0.4) is 0 Å². The fourth-order valence-electron chi connectivity index (χ4n) is 3.71. The van der Waals surface area contributed by atoms with E-state index in [9.17, 15) is 14.4 Å². The molecule has 0 bridgehead atoms. The Labute approximate surface area is 175 Å². The van der Waals surface area contributed by atoms with E-state index < -0.39 is 12.0 Å². The Morgan fingerprint density at radius 2 is 2.00 bits per heavy atom. The van der Waals surface area contributed by atoms with Crippen LogP contribution in [0.1, 0.15) is 28.9 Å². The minimum absolute atomic E-state index is 0.000699. The van der Waals surface area contributed by atoms with E-state index in [-0.39, 0.29) is 24.8 Å². The molecule has 0 spiro atoms. The highest BCUT2D eigenvalue weighted by molar-refractivity contribution is 5.96. The Morgan fingerprint density at radius 3 is 2.70 bits per heavy atom. The molecule has 0 radical (unpaired) electrons. The number of hydrogen-bond acceptors (Lipinski definition) is 5. The molecule has 2 amide bonds. The highest BCUT2D eigenvalue weighted by Crippen LogP contribution is 2.21. The van der Waals surface area contributed by atoms with Crippen molar-refractivity contribution in [1.29, 1.82) is 0 Å². The van der Waals surface area contributed by atoms with Crippen molar-refractivity contribution in [2.45, 2.75) is 46.3 Å². The van der Waals surface area contributed by atoms with Gasteiger partial charge < -0.3 is 15.7 Å². The molecule has 0 unspecified atom stereocenters. The van der Waals surface area contributed by atoms with Crippen LogP contribution in [-0.2, 0) is 27.5 Å². The standard InChI is InChI=1S/C21H27N5O4/c1-13-6-4-5-7-16(13)11-25-9-8-22-21(30)17(25)10-18(27)23-20-14(2)24-26(15(20)3)12-19(28)29/h4-7,17H,8-12H2,1-3H3,(H,22,30)(H,23,27)(H,28,29)/t17-/m1/s1. The zero-order chi connectivity index (χ0) is 21.8. The third-order valence-corrected chi connectivity index (χ3v) is 5.39. The first-order valence-corrected chi connectivity index (χ1v) is 9.88. The molecule has 2 heterocycles. The van der Waals surface area contributed by atoms with E-state index in [4.69, 9.17) is 5.11 Å². The van der Waals surface area contributed by atoms with Crippen LogP contribution in [0, 0.1) is 20.8 Å². The molecule has 1 aliphatic rings. The summed E-state index contributed by atoms with van der Waals surface area (Å²) in [6, 6.07) is 7.42. The SMILES string of the molecule is Cc1ccccc1CN1CCNC(=O)[C@H]1CC(=O)Nc1c(C)nn(CC(=O)O)c1C. The first kappa shape index (κ1) is 21.5. The van der Waals surface area contributed by atoms with E-state index in [0.717, 1.165) is 11.1 Å². The Bertz CT molecular complexity index is 968. The molecule has 1 atom stereocenters. The number of piperazine rings is 1. The molecular weight excluding hydrogens is 386 g/mol. The number of aromatic nitrogens is 2. The molecule has 1 aromatic carbocycles. The molecular formula is C21H27N5O4. The number of benzene rings is 1. The average molecular weight is 413 g/mol. The Kier molecular flexibility index (Phi) is 6.51. The summed E-state index contributed by atoms with van der Waals surface area (Å²) in [5, 5.41) is 18.8. The molecule has 160 valence electrons. The molecule has 1 fully saturated rings. The number of carboxylic acids is 1. The molecule has 3 rings (SSSR count). The van der Waals surface area contributed by atoms with Crippen molar-refractivity contribution in [2.24, 2.45) is 0 Å². The number of carbonyl (C=O) groups excluding carboxylic acids is 2. The molecule has 9 nitrogen and oxygen atoms in total. The van der Waals surface area contributed by atoms with Crippen molar-refractivity contribution in [3.05, 3.63) is 46.8 Å². The lowest BCUT2D eigenvalue weighted by molar-refractivity contribution is -0.138. The first-order valence-electron chi connectivity index (χ1n) is 9.88. The second kappa shape index (κ2) is 9.08. The van der Waals surface area contributed by atoms with Crippen LogP contribution in [0.5, 0.6) is 0 Å². The highest BCUT2D eigenvalue weighted by Gasteiger charge is 2.32. The van der Waals surface area contributed by atoms with Crippen molar-refractivity contribution in [2.75, 3.05) is 18.4 Å². The van der Waals surface area contributed by atoms with Crippen molar-refractivity contribution < 1.29 is 19.5 Å². The van der Waals surface area contributed by atoms with Gasteiger partial charge in [-0.2, -0.15) is 5.10 Å². The maximum absolute atomic E-state index is 12.8. The summed E-state index contributed by atoms with van der Waals surface area (Å²) < 4.78 is 1.34. The number of anilines is 1. The van der Waals surface area contributed by atoms with Gasteiger partial charge in [-0.25, -0.2) is 0 Å². The summed E-state index contributed by atoms with van der Waals surface area (Å²) in [4.78, 5) is 38.3. The van der Waals surface area contributed by atoms with Gasteiger partial charge in [-0.15, -0.1) is 0 Å². The maximum Gasteiger partial charge on any atom is 0.325 e. The molecule has 30 heavy (non-hydrogen) atoms.